The predicted octanol–water partition coefficient (Wildman–Crippen LogP) is 3.42. The van der Waals surface area contributed by atoms with Crippen molar-refractivity contribution in [2.24, 2.45) is 5.73 Å². The third-order valence-corrected chi connectivity index (χ3v) is 5.92. The smallest absolute Gasteiger partial charge is 0.255 e. The summed E-state index contributed by atoms with van der Waals surface area (Å²) in [5.74, 6) is -1.34. The summed E-state index contributed by atoms with van der Waals surface area (Å²) in [5.41, 5.74) is 7.36. The molecule has 0 spiro atoms. The van der Waals surface area contributed by atoms with Gasteiger partial charge >= 0.3 is 0 Å². The van der Waals surface area contributed by atoms with Gasteiger partial charge in [-0.05, 0) is 57.9 Å². The highest BCUT2D eigenvalue weighted by atomic mass is 19.1. The fourth-order valence-corrected chi connectivity index (χ4v) is 3.75. The van der Waals surface area contributed by atoms with Gasteiger partial charge in [0.15, 0.2) is 0 Å². The highest BCUT2D eigenvalue weighted by Crippen LogP contribution is 2.45. The van der Waals surface area contributed by atoms with Crippen LogP contribution in [0.2, 0.25) is 0 Å². The molecule has 1 aromatic carbocycles. The van der Waals surface area contributed by atoms with Crippen LogP contribution in [-0.4, -0.2) is 26.6 Å². The van der Waals surface area contributed by atoms with Crippen LogP contribution in [0.25, 0.3) is 5.52 Å². The molecule has 1 saturated carbocycles. The first-order valence-electron chi connectivity index (χ1n) is 9.69. The first-order valence-corrected chi connectivity index (χ1v) is 9.69. The maximum Gasteiger partial charge on any atom is 0.255 e. The molecular formula is C22H24F2N4O2. The van der Waals surface area contributed by atoms with Gasteiger partial charge in [0.2, 0.25) is 5.88 Å². The van der Waals surface area contributed by atoms with Crippen molar-refractivity contribution in [2.45, 2.75) is 51.8 Å². The molecular weight excluding hydrogens is 390 g/mol. The lowest BCUT2D eigenvalue weighted by atomic mass is 10.1. The molecule has 3 N–H and O–H groups in total. The molecule has 0 saturated heterocycles. The minimum Gasteiger partial charge on any atom is -0.473 e. The number of aryl methyl sites for hydroxylation is 2. The highest BCUT2D eigenvalue weighted by molar-refractivity contribution is 6.02. The summed E-state index contributed by atoms with van der Waals surface area (Å²) in [4.78, 5) is 13.0. The molecule has 30 heavy (non-hydrogen) atoms. The lowest BCUT2D eigenvalue weighted by Crippen LogP contribution is -2.44. The topological polar surface area (TPSA) is 81.7 Å². The second-order valence-electron chi connectivity index (χ2n) is 8.50. The molecule has 1 aliphatic carbocycles. The van der Waals surface area contributed by atoms with Crippen molar-refractivity contribution in [2.75, 3.05) is 0 Å². The van der Waals surface area contributed by atoms with Crippen molar-refractivity contribution < 1.29 is 18.3 Å². The summed E-state index contributed by atoms with van der Waals surface area (Å²) in [6, 6.07) is 7.18. The zero-order valence-electron chi connectivity index (χ0n) is 17.3. The molecule has 6 nitrogen and oxygen atoms in total. The van der Waals surface area contributed by atoms with E-state index >= 15 is 0 Å². The van der Waals surface area contributed by atoms with Gasteiger partial charge in [0, 0.05) is 11.6 Å². The van der Waals surface area contributed by atoms with E-state index in [0.717, 1.165) is 5.56 Å². The number of nitrogens with one attached hydrogen (secondary N) is 1. The van der Waals surface area contributed by atoms with Gasteiger partial charge in [0.1, 0.15) is 18.2 Å². The fourth-order valence-electron chi connectivity index (χ4n) is 3.75. The number of carbonyl (C=O) groups excluding carboxylic acids is 1. The number of rotatable bonds is 5. The molecule has 158 valence electrons. The van der Waals surface area contributed by atoms with Crippen LogP contribution in [0.3, 0.4) is 0 Å². The first kappa shape index (κ1) is 20.3. The second kappa shape index (κ2) is 6.77. The van der Waals surface area contributed by atoms with E-state index in [-0.39, 0.29) is 24.0 Å². The van der Waals surface area contributed by atoms with Gasteiger partial charge in [0.25, 0.3) is 5.91 Å². The quantitative estimate of drug-likeness (QED) is 0.670. The number of hydrogen-bond acceptors (Lipinski definition) is 4. The molecule has 0 radical (unpaired) electrons. The molecule has 0 aliphatic heterocycles. The number of halogens is 2. The average Bonchev–Trinajstić information content (AvgIpc) is 2.95. The molecule has 2 aromatic heterocycles. The third-order valence-electron chi connectivity index (χ3n) is 5.92. The highest BCUT2D eigenvalue weighted by Gasteiger charge is 2.59. The second-order valence-corrected chi connectivity index (χ2v) is 8.50. The zero-order valence-corrected chi connectivity index (χ0v) is 17.3. The summed E-state index contributed by atoms with van der Waals surface area (Å²) in [5, 5.41) is 7.44. The molecule has 8 heteroatoms. The van der Waals surface area contributed by atoms with E-state index in [4.69, 9.17) is 10.5 Å². The maximum atomic E-state index is 13.9. The van der Waals surface area contributed by atoms with Gasteiger partial charge in [-0.3, -0.25) is 4.79 Å². The number of hydrogen-bond donors (Lipinski definition) is 2. The number of amides is 1. The number of nitrogens with zero attached hydrogens (tertiary/aromatic N) is 2. The van der Waals surface area contributed by atoms with Crippen LogP contribution in [0.1, 0.15) is 47.4 Å². The largest absolute Gasteiger partial charge is 0.473 e. The third kappa shape index (κ3) is 3.31. The van der Waals surface area contributed by atoms with Crippen LogP contribution in [0.4, 0.5) is 8.78 Å². The van der Waals surface area contributed by atoms with Crippen molar-refractivity contribution in [1.29, 1.82) is 0 Å². The van der Waals surface area contributed by atoms with Crippen LogP contribution >= 0.6 is 0 Å². The molecule has 2 atom stereocenters. The van der Waals surface area contributed by atoms with Gasteiger partial charge in [0.05, 0.1) is 27.9 Å². The number of aromatic nitrogens is 2. The fraction of sp³-hybridized carbons (Fsp3) is 0.364. The Hall–Kier alpha value is -3.00. The van der Waals surface area contributed by atoms with E-state index in [0.29, 0.717) is 23.2 Å². The summed E-state index contributed by atoms with van der Waals surface area (Å²) in [6.45, 7) is 7.08. The van der Waals surface area contributed by atoms with Crippen molar-refractivity contribution in [3.63, 3.8) is 0 Å². The van der Waals surface area contributed by atoms with Gasteiger partial charge in [-0.15, -0.1) is 0 Å². The Balaban J connectivity index is 1.68. The van der Waals surface area contributed by atoms with Crippen molar-refractivity contribution in [3.05, 3.63) is 64.4 Å². The van der Waals surface area contributed by atoms with Crippen molar-refractivity contribution in [3.8, 4) is 5.88 Å². The molecule has 1 amide bonds. The van der Waals surface area contributed by atoms with Crippen LogP contribution < -0.4 is 15.8 Å². The number of nitrogens with two attached hydrogens (primary N) is 1. The Bertz CT molecular complexity index is 1150. The minimum atomic E-state index is -0.682. The SMILES string of the molecule is Cc1cc(OCc2c(F)cccc2F)n2nc(C)c(C(=O)NC3(C)CC3(C)N)c2c1. The lowest BCUT2D eigenvalue weighted by Gasteiger charge is -2.17. The standard InChI is InChI=1S/C22H24F2N4O2/c1-12-8-17-19(20(29)26-22(4)11-21(22,3)25)13(2)27-28(17)18(9-12)30-10-14-15(23)6-5-7-16(14)24/h5-9H,10-11,25H2,1-4H3,(H,26,29). The zero-order chi connectivity index (χ0) is 21.8. The number of pyridine rings is 1. The summed E-state index contributed by atoms with van der Waals surface area (Å²) >= 11 is 0. The van der Waals surface area contributed by atoms with E-state index in [1.54, 1.807) is 13.0 Å². The van der Waals surface area contributed by atoms with Gasteiger partial charge in [-0.2, -0.15) is 9.61 Å². The van der Waals surface area contributed by atoms with Gasteiger partial charge in [-0.25, -0.2) is 8.78 Å². The summed E-state index contributed by atoms with van der Waals surface area (Å²) < 4.78 is 35.1. The molecule has 0 bridgehead atoms. The minimum absolute atomic E-state index is 0.169. The van der Waals surface area contributed by atoms with E-state index < -0.39 is 22.7 Å². The molecule has 2 heterocycles. The van der Waals surface area contributed by atoms with E-state index in [9.17, 15) is 13.6 Å². The van der Waals surface area contributed by atoms with Crippen molar-refractivity contribution >= 4 is 11.4 Å². The molecule has 1 fully saturated rings. The van der Waals surface area contributed by atoms with E-state index in [1.165, 1.54) is 22.7 Å². The Labute approximate surface area is 173 Å². The van der Waals surface area contributed by atoms with Crippen LogP contribution in [0.15, 0.2) is 30.3 Å². The molecule has 2 unspecified atom stereocenters. The predicted molar refractivity (Wildman–Crippen MR) is 108 cm³/mol. The normalized spacial score (nSPS) is 22.9. The number of carbonyl (C=O) groups is 1. The van der Waals surface area contributed by atoms with Crippen LogP contribution in [0, 0.1) is 25.5 Å². The number of fused-ring (bicyclic) bond motifs is 1. The monoisotopic (exact) mass is 414 g/mol. The summed E-state index contributed by atoms with van der Waals surface area (Å²) in [7, 11) is 0. The average molecular weight is 414 g/mol. The Morgan fingerprint density at radius 3 is 2.50 bits per heavy atom. The Kier molecular flexibility index (Phi) is 4.58. The number of ether oxygens (including phenoxy) is 1. The molecule has 1 aliphatic rings. The number of benzene rings is 1. The van der Waals surface area contributed by atoms with Gasteiger partial charge in [-0.1, -0.05) is 6.07 Å². The van der Waals surface area contributed by atoms with E-state index in [2.05, 4.69) is 10.4 Å². The summed E-state index contributed by atoms with van der Waals surface area (Å²) in [6.07, 6.45) is 0.686. The first-order chi connectivity index (χ1) is 14.0. The Morgan fingerprint density at radius 2 is 1.90 bits per heavy atom. The van der Waals surface area contributed by atoms with E-state index in [1.807, 2.05) is 26.8 Å². The maximum absolute atomic E-state index is 13.9. The lowest BCUT2D eigenvalue weighted by molar-refractivity contribution is 0.0931. The Morgan fingerprint density at radius 1 is 1.27 bits per heavy atom. The molecule has 3 aromatic rings. The van der Waals surface area contributed by atoms with Crippen LogP contribution in [-0.2, 0) is 6.61 Å². The molecule has 4 rings (SSSR count). The van der Waals surface area contributed by atoms with Crippen LogP contribution in [0.5, 0.6) is 5.88 Å². The van der Waals surface area contributed by atoms with Crippen molar-refractivity contribution in [1.82, 2.24) is 14.9 Å². The van der Waals surface area contributed by atoms with Gasteiger partial charge < -0.3 is 15.8 Å².